The number of amides is 1. The molecule has 10 heteroatoms. The van der Waals surface area contributed by atoms with Crippen molar-refractivity contribution in [3.8, 4) is 5.75 Å². The number of carbonyl (C=O) groups is 1. The van der Waals surface area contributed by atoms with Crippen LogP contribution in [0.3, 0.4) is 0 Å². The van der Waals surface area contributed by atoms with Gasteiger partial charge in [0.2, 0.25) is 0 Å². The molecule has 1 atom stereocenters. The first kappa shape index (κ1) is 24.1. The van der Waals surface area contributed by atoms with Crippen LogP contribution in [0.2, 0.25) is 0 Å². The maximum atomic E-state index is 12.0. The lowest BCUT2D eigenvalue weighted by molar-refractivity contribution is 0.0461. The second-order valence-electron chi connectivity index (χ2n) is 8.44. The second kappa shape index (κ2) is 10.4. The van der Waals surface area contributed by atoms with Crippen LogP contribution in [-0.4, -0.2) is 79.9 Å². The third kappa shape index (κ3) is 6.70. The number of nitrogens with zero attached hydrogens (tertiary/aromatic N) is 3. The molecule has 8 nitrogen and oxygen atoms in total. The van der Waals surface area contributed by atoms with E-state index in [2.05, 4.69) is 9.88 Å². The first-order valence-electron chi connectivity index (χ1n) is 10.8. The third-order valence-electron chi connectivity index (χ3n) is 6.03. The van der Waals surface area contributed by atoms with E-state index in [0.29, 0.717) is 43.1 Å². The molecule has 1 amide bonds. The quantitative estimate of drug-likeness (QED) is 0.586. The first-order chi connectivity index (χ1) is 14.6. The molecular weight excluding hydrogens is 442 g/mol. The molecule has 2 heterocycles. The zero-order chi connectivity index (χ0) is 22.6. The summed E-state index contributed by atoms with van der Waals surface area (Å²) in [7, 11) is -3.31. The van der Waals surface area contributed by atoms with Gasteiger partial charge in [-0.15, -0.1) is 0 Å². The van der Waals surface area contributed by atoms with Crippen molar-refractivity contribution in [2.45, 2.75) is 56.2 Å². The van der Waals surface area contributed by atoms with E-state index in [0.717, 1.165) is 45.0 Å². The predicted octanol–water partition coefficient (Wildman–Crippen LogP) is 3.07. The normalized spacial score (nSPS) is 23.9. The molecule has 2 aliphatic rings. The number of pyridine rings is 1. The van der Waals surface area contributed by atoms with E-state index in [1.54, 1.807) is 24.8 Å². The van der Waals surface area contributed by atoms with E-state index in [1.165, 1.54) is 6.07 Å². The Hall–Kier alpha value is -1.58. The zero-order valence-electron chi connectivity index (χ0n) is 18.4. The van der Waals surface area contributed by atoms with Crippen molar-refractivity contribution in [1.82, 2.24) is 14.8 Å². The molecule has 0 aromatic carbocycles. The fourth-order valence-electron chi connectivity index (χ4n) is 4.25. The van der Waals surface area contributed by atoms with Crippen molar-refractivity contribution >= 4 is 27.5 Å². The van der Waals surface area contributed by atoms with E-state index in [9.17, 15) is 13.2 Å². The fraction of sp³-hybridized carbons (Fsp3) is 0.714. The molecule has 174 valence electrons. The molecule has 0 bridgehead atoms. The monoisotopic (exact) mass is 473 g/mol. The summed E-state index contributed by atoms with van der Waals surface area (Å²) in [5.41, 5.74) is -0.0169. The maximum Gasteiger partial charge on any atom is 0.411 e. The van der Waals surface area contributed by atoms with Gasteiger partial charge in [-0.25, -0.2) is 18.2 Å². The fourth-order valence-corrected chi connectivity index (χ4v) is 4.95. The largest absolute Gasteiger partial charge is 0.491 e. The molecule has 1 saturated heterocycles. The molecule has 1 saturated carbocycles. The summed E-state index contributed by atoms with van der Waals surface area (Å²) in [5.74, 6) is 1.12. The van der Waals surface area contributed by atoms with E-state index < -0.39 is 15.4 Å². The molecule has 1 unspecified atom stereocenters. The number of carbonyl (C=O) groups excluding carboxylic acids is 1. The van der Waals surface area contributed by atoms with Crippen molar-refractivity contribution in [1.29, 1.82) is 0 Å². The van der Waals surface area contributed by atoms with Crippen LogP contribution in [0.5, 0.6) is 5.75 Å². The summed E-state index contributed by atoms with van der Waals surface area (Å²) in [4.78, 5) is 20.3. The molecule has 2 fully saturated rings. The van der Waals surface area contributed by atoms with Crippen molar-refractivity contribution in [2.75, 3.05) is 39.0 Å². The van der Waals surface area contributed by atoms with Crippen LogP contribution in [0, 0.1) is 12.8 Å². The molecule has 0 radical (unpaired) electrons. The number of hydrogen-bond donors (Lipinski definition) is 0. The number of hydrogen-bond acceptors (Lipinski definition) is 7. The number of halogens is 1. The minimum Gasteiger partial charge on any atom is -0.491 e. The Morgan fingerprint density at radius 2 is 1.84 bits per heavy atom. The van der Waals surface area contributed by atoms with Gasteiger partial charge in [0.1, 0.15) is 5.75 Å². The Balaban J connectivity index is 1.41. The van der Waals surface area contributed by atoms with Gasteiger partial charge in [0, 0.05) is 38.5 Å². The highest BCUT2D eigenvalue weighted by molar-refractivity contribution is 7.90. The highest BCUT2D eigenvalue weighted by atomic mass is 35.5. The van der Waals surface area contributed by atoms with Crippen molar-refractivity contribution in [3.63, 3.8) is 0 Å². The molecule has 0 spiro atoms. The van der Waals surface area contributed by atoms with Crippen molar-refractivity contribution in [3.05, 3.63) is 17.8 Å². The summed E-state index contributed by atoms with van der Waals surface area (Å²) in [6.07, 6.45) is 5.22. The van der Waals surface area contributed by atoms with Crippen LogP contribution in [0.15, 0.2) is 17.2 Å². The molecule has 1 aromatic rings. The summed E-state index contributed by atoms with van der Waals surface area (Å²) in [6, 6.07) is 3.73. The smallest absolute Gasteiger partial charge is 0.411 e. The average molecular weight is 474 g/mol. The van der Waals surface area contributed by atoms with Crippen LogP contribution >= 0.6 is 11.6 Å². The van der Waals surface area contributed by atoms with Crippen molar-refractivity contribution in [2.24, 2.45) is 5.92 Å². The first-order valence-corrected chi connectivity index (χ1v) is 13.1. The standard InChI is InChI=1S/C21H32ClN3O5S/c1-15-19(8-9-20(23-15)31(3,27)28)29-14-17-4-6-18(7-5-17)24-10-12-25(13-11-24)21(26)30-16(2)22/h8-9,16-18H,4-7,10-14H2,1-3H3. The lowest BCUT2D eigenvalue weighted by Crippen LogP contribution is -2.53. The van der Waals surface area contributed by atoms with Crippen LogP contribution in [0.25, 0.3) is 0 Å². The number of ether oxygens (including phenoxy) is 2. The Bertz CT molecular complexity index is 864. The molecule has 3 rings (SSSR count). The lowest BCUT2D eigenvalue weighted by atomic mass is 9.85. The topological polar surface area (TPSA) is 89.0 Å². The maximum absolute atomic E-state index is 12.0. The van der Waals surface area contributed by atoms with Gasteiger partial charge >= 0.3 is 6.09 Å². The van der Waals surface area contributed by atoms with E-state index in [4.69, 9.17) is 21.1 Å². The molecule has 31 heavy (non-hydrogen) atoms. The van der Waals surface area contributed by atoms with Gasteiger partial charge in [-0.3, -0.25) is 4.90 Å². The number of sulfone groups is 1. The van der Waals surface area contributed by atoms with Gasteiger partial charge in [-0.05, 0) is 57.6 Å². The highest BCUT2D eigenvalue weighted by Crippen LogP contribution is 2.29. The molecule has 0 N–H and O–H groups in total. The number of alkyl halides is 1. The van der Waals surface area contributed by atoms with Gasteiger partial charge < -0.3 is 14.4 Å². The summed E-state index contributed by atoms with van der Waals surface area (Å²) >= 11 is 5.74. The SMILES string of the molecule is Cc1nc(S(C)(=O)=O)ccc1OCC1CCC(N2CCN(C(=O)OC(C)Cl)CC2)CC1. The summed E-state index contributed by atoms with van der Waals surface area (Å²) in [5, 5.41) is 0.0726. The number of piperazine rings is 1. The minimum atomic E-state index is -3.31. The second-order valence-corrected chi connectivity index (χ2v) is 11.0. The van der Waals surface area contributed by atoms with Gasteiger partial charge in [0.15, 0.2) is 20.4 Å². The van der Waals surface area contributed by atoms with Crippen molar-refractivity contribution < 1.29 is 22.7 Å². The Kier molecular flexibility index (Phi) is 8.04. The van der Waals surface area contributed by atoms with Crippen LogP contribution < -0.4 is 4.74 Å². The average Bonchev–Trinajstić information content (AvgIpc) is 2.72. The van der Waals surface area contributed by atoms with E-state index in [1.807, 2.05) is 0 Å². The molecular formula is C21H32ClN3O5S. The Morgan fingerprint density at radius 3 is 2.39 bits per heavy atom. The molecule has 1 aliphatic heterocycles. The van der Waals surface area contributed by atoms with Crippen LogP contribution in [-0.2, 0) is 14.6 Å². The number of aryl methyl sites for hydroxylation is 1. The highest BCUT2D eigenvalue weighted by Gasteiger charge is 2.30. The lowest BCUT2D eigenvalue weighted by Gasteiger charge is -2.41. The Morgan fingerprint density at radius 1 is 1.19 bits per heavy atom. The van der Waals surface area contributed by atoms with Gasteiger partial charge in [0.25, 0.3) is 0 Å². The van der Waals surface area contributed by atoms with Gasteiger partial charge in [0.05, 0.1) is 12.3 Å². The minimum absolute atomic E-state index is 0.0726. The van der Waals surface area contributed by atoms with E-state index >= 15 is 0 Å². The summed E-state index contributed by atoms with van der Waals surface area (Å²) in [6.45, 7) is 7.07. The van der Waals surface area contributed by atoms with Gasteiger partial charge in [-0.2, -0.15) is 0 Å². The van der Waals surface area contributed by atoms with Crippen LogP contribution in [0.1, 0.15) is 38.3 Å². The Labute approximate surface area is 189 Å². The number of aromatic nitrogens is 1. The third-order valence-corrected chi connectivity index (χ3v) is 7.11. The molecule has 1 aliphatic carbocycles. The number of rotatable bonds is 6. The predicted molar refractivity (Wildman–Crippen MR) is 118 cm³/mol. The zero-order valence-corrected chi connectivity index (χ0v) is 20.0. The van der Waals surface area contributed by atoms with E-state index in [-0.39, 0.29) is 11.1 Å². The van der Waals surface area contributed by atoms with Crippen LogP contribution in [0.4, 0.5) is 4.79 Å². The molecule has 1 aromatic heterocycles. The van der Waals surface area contributed by atoms with Gasteiger partial charge in [-0.1, -0.05) is 11.6 Å². The summed E-state index contributed by atoms with van der Waals surface area (Å²) < 4.78 is 34.3.